The van der Waals surface area contributed by atoms with Crippen molar-refractivity contribution in [2.45, 2.75) is 18.7 Å². The van der Waals surface area contributed by atoms with Gasteiger partial charge in [0.2, 0.25) is 10.0 Å². The average Bonchev–Trinajstić information content (AvgIpc) is 2.32. The molecule has 1 radical (unpaired) electrons. The lowest BCUT2D eigenvalue weighted by Crippen LogP contribution is -2.38. The maximum absolute atomic E-state index is 12.8. The summed E-state index contributed by atoms with van der Waals surface area (Å²) in [5.74, 6) is -1.70. The van der Waals surface area contributed by atoms with Crippen LogP contribution in [0, 0.1) is 11.9 Å². The second kappa shape index (κ2) is 6.54. The number of carbonyl (C=O) groups is 1. The van der Waals surface area contributed by atoms with E-state index >= 15 is 0 Å². The molecule has 105 valence electrons. The first kappa shape index (κ1) is 16.2. The third kappa shape index (κ3) is 4.97. The van der Waals surface area contributed by atoms with Gasteiger partial charge in [0, 0.05) is 11.1 Å². The molecule has 4 nitrogen and oxygen atoms in total. The Balaban J connectivity index is 2.74. The minimum Gasteiger partial charge on any atom is -0.272 e. The van der Waals surface area contributed by atoms with Gasteiger partial charge in [-0.05, 0) is 31.0 Å². The highest BCUT2D eigenvalue weighted by Gasteiger charge is 2.21. The Morgan fingerprint density at radius 3 is 2.74 bits per heavy atom. The van der Waals surface area contributed by atoms with Crippen molar-refractivity contribution >= 4 is 39.1 Å². The van der Waals surface area contributed by atoms with Crippen LogP contribution in [0.5, 0.6) is 0 Å². The van der Waals surface area contributed by atoms with Crippen LogP contribution >= 0.6 is 23.2 Å². The number of alkyl halides is 1. The molecule has 0 bridgehead atoms. The number of carbonyl (C=O) groups excluding carboxylic acids is 1. The Kier molecular flexibility index (Phi) is 5.58. The molecule has 8 heteroatoms. The average molecular weight is 327 g/mol. The molecule has 0 saturated carbocycles. The molecule has 1 amide bonds. The van der Waals surface area contributed by atoms with E-state index in [1.807, 2.05) is 4.72 Å². The molecular weight excluding hydrogens is 316 g/mol. The topological polar surface area (TPSA) is 63.2 Å². The van der Waals surface area contributed by atoms with Crippen LogP contribution in [-0.4, -0.2) is 25.5 Å². The first-order valence-corrected chi connectivity index (χ1v) is 7.76. The van der Waals surface area contributed by atoms with Crippen molar-refractivity contribution in [1.29, 1.82) is 0 Å². The molecule has 0 aliphatic heterocycles. The fraction of sp³-hybridized carbons (Fsp3) is 0.364. The molecule has 0 aromatic heterocycles. The summed E-state index contributed by atoms with van der Waals surface area (Å²) < 4.78 is 37.0. The maximum atomic E-state index is 12.8. The van der Waals surface area contributed by atoms with Gasteiger partial charge in [0.25, 0.3) is 5.91 Å². The number of nitrogens with one attached hydrogen (secondary N) is 1. The van der Waals surface area contributed by atoms with E-state index in [1.54, 1.807) is 0 Å². The molecular formula is C11H11Cl2FNO3S. The third-order valence-corrected chi connectivity index (χ3v) is 4.24. The quantitative estimate of drug-likeness (QED) is 0.840. The predicted octanol–water partition coefficient (Wildman–Crippen LogP) is 1.90. The molecule has 1 aromatic rings. The van der Waals surface area contributed by atoms with Crippen LogP contribution in [0.1, 0.15) is 12.5 Å². The molecule has 0 heterocycles. The standard InChI is InChI=1S/C11H11Cl2FNO3S/c1-2-19(17,18)15-11(16)10(13)5-7-3-4-8(14)6-9(7)12/h3,6,10H,2,5H2,1H3,(H,15,16). The number of sulfonamides is 1. The van der Waals surface area contributed by atoms with Gasteiger partial charge in [-0.1, -0.05) is 11.6 Å². The second-order valence-electron chi connectivity index (χ2n) is 3.70. The fourth-order valence-corrected chi connectivity index (χ4v) is 2.31. The lowest BCUT2D eigenvalue weighted by atomic mass is 10.1. The highest BCUT2D eigenvalue weighted by molar-refractivity contribution is 7.90. The minimum atomic E-state index is -3.66. The first-order valence-electron chi connectivity index (χ1n) is 5.29. The van der Waals surface area contributed by atoms with Gasteiger partial charge >= 0.3 is 0 Å². The Labute approximate surface area is 121 Å². The summed E-state index contributed by atoms with van der Waals surface area (Å²) in [7, 11) is -3.66. The summed E-state index contributed by atoms with van der Waals surface area (Å²) in [6.45, 7) is 1.39. The highest BCUT2D eigenvalue weighted by Crippen LogP contribution is 2.20. The largest absolute Gasteiger partial charge is 0.272 e. The van der Waals surface area contributed by atoms with Crippen molar-refractivity contribution in [2.24, 2.45) is 0 Å². The zero-order valence-corrected chi connectivity index (χ0v) is 12.2. The number of halogens is 3. The minimum absolute atomic E-state index is 0.0256. The summed E-state index contributed by atoms with van der Waals surface area (Å²) in [4.78, 5) is 11.6. The van der Waals surface area contributed by atoms with Crippen molar-refractivity contribution in [3.63, 3.8) is 0 Å². The third-order valence-electron chi connectivity index (χ3n) is 2.26. The van der Waals surface area contributed by atoms with E-state index in [1.165, 1.54) is 13.0 Å². The zero-order valence-electron chi connectivity index (χ0n) is 9.91. The molecule has 1 unspecified atom stereocenters. The second-order valence-corrected chi connectivity index (χ2v) is 6.64. The predicted molar refractivity (Wildman–Crippen MR) is 71.2 cm³/mol. The molecule has 1 N–H and O–H groups in total. The number of rotatable bonds is 5. The SMILES string of the molecule is CCS(=O)(=O)NC(=O)C(Cl)Cc1c[c]c(F)cc1Cl. The van der Waals surface area contributed by atoms with Gasteiger partial charge in [-0.15, -0.1) is 11.6 Å². The van der Waals surface area contributed by atoms with Gasteiger partial charge < -0.3 is 0 Å². The van der Waals surface area contributed by atoms with E-state index in [2.05, 4.69) is 6.07 Å². The van der Waals surface area contributed by atoms with E-state index in [0.717, 1.165) is 6.07 Å². The molecule has 1 atom stereocenters. The monoisotopic (exact) mass is 326 g/mol. The summed E-state index contributed by atoms with van der Waals surface area (Å²) >= 11 is 11.6. The molecule has 0 aliphatic rings. The maximum Gasteiger partial charge on any atom is 0.251 e. The Morgan fingerprint density at radius 1 is 1.58 bits per heavy atom. The lowest BCUT2D eigenvalue weighted by molar-refractivity contribution is -0.119. The Bertz CT molecular complexity index is 577. The summed E-state index contributed by atoms with van der Waals surface area (Å²) in [6, 6.07) is 4.60. The van der Waals surface area contributed by atoms with Gasteiger partial charge in [-0.25, -0.2) is 12.8 Å². The van der Waals surface area contributed by atoms with Gasteiger partial charge in [-0.3, -0.25) is 9.52 Å². The summed E-state index contributed by atoms with van der Waals surface area (Å²) in [5.41, 5.74) is 0.409. The van der Waals surface area contributed by atoms with Gasteiger partial charge in [0.05, 0.1) is 5.75 Å². The Hall–Kier alpha value is -0.850. The smallest absolute Gasteiger partial charge is 0.251 e. The first-order chi connectivity index (χ1) is 8.75. The van der Waals surface area contributed by atoms with Crippen molar-refractivity contribution in [3.05, 3.63) is 34.6 Å². The molecule has 0 fully saturated rings. The molecule has 0 aliphatic carbocycles. The lowest BCUT2D eigenvalue weighted by Gasteiger charge is -2.11. The molecule has 19 heavy (non-hydrogen) atoms. The van der Waals surface area contributed by atoms with Crippen molar-refractivity contribution in [1.82, 2.24) is 4.72 Å². The Morgan fingerprint density at radius 2 is 2.21 bits per heavy atom. The molecule has 1 aromatic carbocycles. The van der Waals surface area contributed by atoms with Crippen LogP contribution in [0.15, 0.2) is 12.1 Å². The van der Waals surface area contributed by atoms with Crippen LogP contribution in [0.4, 0.5) is 4.39 Å². The van der Waals surface area contributed by atoms with E-state index in [9.17, 15) is 17.6 Å². The van der Waals surface area contributed by atoms with Crippen LogP contribution in [0.2, 0.25) is 5.02 Å². The highest BCUT2D eigenvalue weighted by atomic mass is 35.5. The summed E-state index contributed by atoms with van der Waals surface area (Å²) in [5, 5.41) is -1.02. The fourth-order valence-electron chi connectivity index (χ4n) is 1.20. The normalized spacial score (nSPS) is 13.1. The van der Waals surface area contributed by atoms with Crippen molar-refractivity contribution in [3.8, 4) is 0 Å². The summed E-state index contributed by atoms with van der Waals surface area (Å²) in [6.07, 6.45) is -0.0256. The van der Waals surface area contributed by atoms with Crippen molar-refractivity contribution in [2.75, 3.05) is 5.75 Å². The van der Waals surface area contributed by atoms with Crippen molar-refractivity contribution < 1.29 is 17.6 Å². The van der Waals surface area contributed by atoms with E-state index in [4.69, 9.17) is 23.2 Å². The van der Waals surface area contributed by atoms with Gasteiger partial charge in [0.1, 0.15) is 11.2 Å². The van der Waals surface area contributed by atoms with Gasteiger partial charge in [0.15, 0.2) is 0 Å². The number of hydrogen-bond donors (Lipinski definition) is 1. The van der Waals surface area contributed by atoms with Crippen LogP contribution in [-0.2, 0) is 21.2 Å². The van der Waals surface area contributed by atoms with Crippen LogP contribution in [0.3, 0.4) is 0 Å². The van der Waals surface area contributed by atoms with Gasteiger partial charge in [-0.2, -0.15) is 0 Å². The number of amides is 1. The van der Waals surface area contributed by atoms with Crippen LogP contribution < -0.4 is 4.72 Å². The van der Waals surface area contributed by atoms with E-state index in [-0.39, 0.29) is 17.2 Å². The number of hydrogen-bond acceptors (Lipinski definition) is 3. The zero-order chi connectivity index (χ0) is 14.6. The number of benzene rings is 1. The van der Waals surface area contributed by atoms with E-state index < -0.39 is 27.1 Å². The molecule has 1 rings (SSSR count). The molecule has 0 saturated heterocycles. The van der Waals surface area contributed by atoms with Crippen LogP contribution in [0.25, 0.3) is 0 Å². The van der Waals surface area contributed by atoms with E-state index in [0.29, 0.717) is 5.56 Å². The molecule has 0 spiro atoms.